The highest BCUT2D eigenvalue weighted by atomic mass is 19.4. The molecule has 1 atom stereocenters. The summed E-state index contributed by atoms with van der Waals surface area (Å²) in [6.45, 7) is 1.22. The summed E-state index contributed by atoms with van der Waals surface area (Å²) in [6, 6.07) is 11.6. The van der Waals surface area contributed by atoms with Crippen molar-refractivity contribution in [3.05, 3.63) is 71.3 Å². The topological polar surface area (TPSA) is 66.4 Å². The summed E-state index contributed by atoms with van der Waals surface area (Å²) in [6.07, 6.45) is -4.52. The third-order valence-corrected chi connectivity index (χ3v) is 3.62. The molecule has 7 heteroatoms. The highest BCUT2D eigenvalue weighted by Crippen LogP contribution is 2.31. The molecule has 0 fully saturated rings. The summed E-state index contributed by atoms with van der Waals surface area (Å²) in [5, 5.41) is 11.8. The van der Waals surface area contributed by atoms with Gasteiger partial charge < -0.3 is 10.4 Å². The first-order valence-electron chi connectivity index (χ1n) is 6.93. The molecular formula is C17H14F3NO3. The van der Waals surface area contributed by atoms with Crippen LogP contribution in [0.15, 0.2) is 54.6 Å². The molecule has 2 rings (SSSR count). The Morgan fingerprint density at radius 2 is 1.42 bits per heavy atom. The molecule has 0 aliphatic carbocycles. The number of alkyl halides is 3. The Morgan fingerprint density at radius 3 is 1.88 bits per heavy atom. The molecule has 0 aliphatic heterocycles. The third-order valence-electron chi connectivity index (χ3n) is 3.62. The molecule has 1 unspecified atom stereocenters. The molecule has 0 spiro atoms. The summed E-state index contributed by atoms with van der Waals surface area (Å²) in [7, 11) is 0. The van der Waals surface area contributed by atoms with Gasteiger partial charge in [0, 0.05) is 5.56 Å². The van der Waals surface area contributed by atoms with E-state index in [0.717, 1.165) is 24.3 Å². The van der Waals surface area contributed by atoms with Gasteiger partial charge in [0.15, 0.2) is 5.54 Å². The van der Waals surface area contributed by atoms with Crippen LogP contribution in [0.2, 0.25) is 0 Å². The second-order valence-electron chi connectivity index (χ2n) is 5.33. The lowest BCUT2D eigenvalue weighted by atomic mass is 9.90. The molecule has 2 aromatic carbocycles. The van der Waals surface area contributed by atoms with Crippen LogP contribution in [-0.4, -0.2) is 17.0 Å². The molecule has 0 saturated heterocycles. The normalized spacial score (nSPS) is 13.8. The first-order chi connectivity index (χ1) is 11.1. The van der Waals surface area contributed by atoms with Gasteiger partial charge in [-0.05, 0) is 36.8 Å². The Kier molecular flexibility index (Phi) is 4.64. The molecule has 1 amide bonds. The number of nitrogens with one attached hydrogen (secondary N) is 1. The van der Waals surface area contributed by atoms with Gasteiger partial charge in [-0.1, -0.05) is 30.3 Å². The van der Waals surface area contributed by atoms with Crippen LogP contribution in [0.3, 0.4) is 0 Å². The largest absolute Gasteiger partial charge is 0.479 e. The molecule has 2 N–H and O–H groups in total. The molecule has 0 aromatic heterocycles. The van der Waals surface area contributed by atoms with Crippen LogP contribution in [-0.2, 0) is 16.5 Å². The molecule has 0 heterocycles. The van der Waals surface area contributed by atoms with E-state index in [1.54, 1.807) is 18.2 Å². The zero-order valence-electron chi connectivity index (χ0n) is 12.6. The molecule has 0 radical (unpaired) electrons. The van der Waals surface area contributed by atoms with E-state index in [9.17, 15) is 27.9 Å². The average Bonchev–Trinajstić information content (AvgIpc) is 2.54. The SMILES string of the molecule is CC(NC(=O)c1ccccc1)(C(=O)O)c1ccc(C(F)(F)F)cc1. The van der Waals surface area contributed by atoms with E-state index in [1.807, 2.05) is 0 Å². The number of carbonyl (C=O) groups excluding carboxylic acids is 1. The van der Waals surface area contributed by atoms with E-state index in [2.05, 4.69) is 5.32 Å². The molecule has 2 aromatic rings. The predicted octanol–water partition coefficient (Wildman–Crippen LogP) is 3.44. The van der Waals surface area contributed by atoms with Crippen molar-refractivity contribution in [1.82, 2.24) is 5.32 Å². The fraction of sp³-hybridized carbons (Fsp3) is 0.176. The van der Waals surface area contributed by atoms with Crippen LogP contribution in [0.25, 0.3) is 0 Å². The molecular weight excluding hydrogens is 323 g/mol. The molecule has 24 heavy (non-hydrogen) atoms. The number of carboxylic acid groups (broad SMARTS) is 1. The van der Waals surface area contributed by atoms with E-state index in [-0.39, 0.29) is 11.1 Å². The molecule has 126 valence electrons. The number of aliphatic carboxylic acids is 1. The zero-order valence-corrected chi connectivity index (χ0v) is 12.6. The lowest BCUT2D eigenvalue weighted by Gasteiger charge is -2.27. The minimum Gasteiger partial charge on any atom is -0.479 e. The van der Waals surface area contributed by atoms with Gasteiger partial charge in [0.2, 0.25) is 0 Å². The maximum atomic E-state index is 12.6. The Balaban J connectivity index is 2.34. The van der Waals surface area contributed by atoms with Crippen molar-refractivity contribution in [2.45, 2.75) is 18.6 Å². The lowest BCUT2D eigenvalue weighted by Crippen LogP contribution is -2.49. The van der Waals surface area contributed by atoms with Crippen LogP contribution < -0.4 is 5.32 Å². The number of hydrogen-bond acceptors (Lipinski definition) is 2. The zero-order chi connectivity index (χ0) is 18.0. The van der Waals surface area contributed by atoms with E-state index in [1.165, 1.54) is 19.1 Å². The van der Waals surface area contributed by atoms with Gasteiger partial charge in [0.25, 0.3) is 5.91 Å². The summed E-state index contributed by atoms with van der Waals surface area (Å²) < 4.78 is 37.9. The van der Waals surface area contributed by atoms with E-state index < -0.39 is 29.2 Å². The summed E-state index contributed by atoms with van der Waals surface area (Å²) in [5.74, 6) is -2.02. The van der Waals surface area contributed by atoms with E-state index in [0.29, 0.717) is 0 Å². The van der Waals surface area contributed by atoms with Crippen molar-refractivity contribution >= 4 is 11.9 Å². The summed E-state index contributed by atoms with van der Waals surface area (Å²) in [5.41, 5.74) is -2.48. The molecule has 0 saturated carbocycles. The Morgan fingerprint density at radius 1 is 0.917 bits per heavy atom. The van der Waals surface area contributed by atoms with Crippen molar-refractivity contribution < 1.29 is 27.9 Å². The second kappa shape index (κ2) is 6.35. The van der Waals surface area contributed by atoms with Gasteiger partial charge in [-0.25, -0.2) is 4.79 Å². The van der Waals surface area contributed by atoms with Gasteiger partial charge in [-0.2, -0.15) is 13.2 Å². The van der Waals surface area contributed by atoms with Gasteiger partial charge in [-0.15, -0.1) is 0 Å². The standard InChI is InChI=1S/C17H14F3NO3/c1-16(15(23)24,21-14(22)11-5-3-2-4-6-11)12-7-9-13(10-8-12)17(18,19)20/h2-10H,1H3,(H,21,22)(H,23,24). The smallest absolute Gasteiger partial charge is 0.416 e. The fourth-order valence-corrected chi connectivity index (χ4v) is 2.13. The van der Waals surface area contributed by atoms with Gasteiger partial charge in [-0.3, -0.25) is 4.79 Å². The maximum Gasteiger partial charge on any atom is 0.416 e. The number of hydrogen-bond donors (Lipinski definition) is 2. The first-order valence-corrected chi connectivity index (χ1v) is 6.93. The average molecular weight is 337 g/mol. The van der Waals surface area contributed by atoms with Crippen molar-refractivity contribution in [3.8, 4) is 0 Å². The Bertz CT molecular complexity index is 742. The highest BCUT2D eigenvalue weighted by molar-refractivity contribution is 5.98. The van der Waals surface area contributed by atoms with Crippen molar-refractivity contribution in [3.63, 3.8) is 0 Å². The van der Waals surface area contributed by atoms with Crippen molar-refractivity contribution in [1.29, 1.82) is 0 Å². The second-order valence-corrected chi connectivity index (χ2v) is 5.33. The van der Waals surface area contributed by atoms with E-state index in [4.69, 9.17) is 0 Å². The number of halogens is 3. The number of amides is 1. The number of carbonyl (C=O) groups is 2. The van der Waals surface area contributed by atoms with Crippen molar-refractivity contribution in [2.75, 3.05) is 0 Å². The number of rotatable bonds is 4. The first kappa shape index (κ1) is 17.5. The third kappa shape index (κ3) is 3.56. The predicted molar refractivity (Wildman–Crippen MR) is 80.3 cm³/mol. The quantitative estimate of drug-likeness (QED) is 0.898. The van der Waals surface area contributed by atoms with Crippen LogP contribution in [0.5, 0.6) is 0 Å². The van der Waals surface area contributed by atoms with Crippen LogP contribution in [0, 0.1) is 0 Å². The maximum absolute atomic E-state index is 12.6. The molecule has 0 bridgehead atoms. The van der Waals surface area contributed by atoms with Crippen molar-refractivity contribution in [2.24, 2.45) is 0 Å². The van der Waals surface area contributed by atoms with Crippen LogP contribution in [0.4, 0.5) is 13.2 Å². The van der Waals surface area contributed by atoms with Crippen LogP contribution >= 0.6 is 0 Å². The van der Waals surface area contributed by atoms with Crippen LogP contribution in [0.1, 0.15) is 28.4 Å². The highest BCUT2D eigenvalue weighted by Gasteiger charge is 2.38. The van der Waals surface area contributed by atoms with E-state index >= 15 is 0 Å². The van der Waals surface area contributed by atoms with Gasteiger partial charge in [0.1, 0.15) is 0 Å². The van der Waals surface area contributed by atoms with Gasteiger partial charge in [0.05, 0.1) is 5.56 Å². The lowest BCUT2D eigenvalue weighted by molar-refractivity contribution is -0.144. The Hall–Kier alpha value is -2.83. The molecule has 0 aliphatic rings. The number of benzene rings is 2. The minimum absolute atomic E-state index is 0.0345. The molecule has 4 nitrogen and oxygen atoms in total. The number of carboxylic acids is 1. The summed E-state index contributed by atoms with van der Waals surface area (Å²) >= 11 is 0. The monoisotopic (exact) mass is 337 g/mol. The summed E-state index contributed by atoms with van der Waals surface area (Å²) in [4.78, 5) is 23.8. The fourth-order valence-electron chi connectivity index (χ4n) is 2.13. The van der Waals surface area contributed by atoms with Gasteiger partial charge >= 0.3 is 12.1 Å². The minimum atomic E-state index is -4.52. The Labute approximate surface area is 135 Å².